The Labute approximate surface area is 186 Å². The number of ether oxygens (including phenoxy) is 2. The van der Waals surface area contributed by atoms with Crippen LogP contribution in [0.3, 0.4) is 0 Å². The SMILES string of the molecule is CN=C(NCCOc1cccnc1)N1CCC(N(CC2CC2)C(=O)OC(C)(C)C)CC1. The van der Waals surface area contributed by atoms with E-state index in [-0.39, 0.29) is 12.1 Å². The molecule has 1 aliphatic heterocycles. The van der Waals surface area contributed by atoms with Crippen LogP contribution in [-0.4, -0.2) is 78.3 Å². The van der Waals surface area contributed by atoms with Gasteiger partial charge in [-0.1, -0.05) is 0 Å². The largest absolute Gasteiger partial charge is 0.490 e. The van der Waals surface area contributed by atoms with Crippen molar-refractivity contribution >= 4 is 12.1 Å². The molecule has 0 bridgehead atoms. The van der Waals surface area contributed by atoms with E-state index in [4.69, 9.17) is 9.47 Å². The molecule has 1 aromatic rings. The first kappa shape index (κ1) is 23.2. The van der Waals surface area contributed by atoms with Gasteiger partial charge in [0, 0.05) is 38.9 Å². The monoisotopic (exact) mass is 431 g/mol. The van der Waals surface area contributed by atoms with Crippen LogP contribution in [0.2, 0.25) is 0 Å². The number of hydrogen-bond donors (Lipinski definition) is 1. The van der Waals surface area contributed by atoms with Crippen molar-refractivity contribution in [3.8, 4) is 5.75 Å². The topological polar surface area (TPSA) is 79.3 Å². The van der Waals surface area contributed by atoms with E-state index in [1.165, 1.54) is 12.8 Å². The van der Waals surface area contributed by atoms with Gasteiger partial charge in [-0.25, -0.2) is 4.79 Å². The Morgan fingerprint density at radius 3 is 2.61 bits per heavy atom. The number of nitrogens with zero attached hydrogens (tertiary/aromatic N) is 4. The third-order valence-electron chi connectivity index (χ3n) is 5.48. The molecular formula is C23H37N5O3. The van der Waals surface area contributed by atoms with Gasteiger partial charge in [-0.2, -0.15) is 0 Å². The minimum atomic E-state index is -0.469. The lowest BCUT2D eigenvalue weighted by Gasteiger charge is -2.40. The molecule has 0 unspecified atom stereocenters. The molecule has 1 saturated carbocycles. The van der Waals surface area contributed by atoms with Crippen molar-refractivity contribution in [1.29, 1.82) is 0 Å². The third-order valence-corrected chi connectivity index (χ3v) is 5.48. The Kier molecular flexibility index (Phi) is 7.98. The number of pyridine rings is 1. The Morgan fingerprint density at radius 2 is 2.03 bits per heavy atom. The summed E-state index contributed by atoms with van der Waals surface area (Å²) in [5.74, 6) is 2.28. The van der Waals surface area contributed by atoms with E-state index in [0.717, 1.165) is 44.2 Å². The molecule has 1 N–H and O–H groups in total. The first-order chi connectivity index (χ1) is 14.9. The number of aliphatic imine (C=N–C) groups is 1. The summed E-state index contributed by atoms with van der Waals surface area (Å²) in [6.07, 6.45) is 7.53. The minimum absolute atomic E-state index is 0.173. The van der Waals surface area contributed by atoms with Crippen molar-refractivity contribution in [2.75, 3.05) is 39.8 Å². The number of carbonyl (C=O) groups excluding carboxylic acids is 1. The molecule has 8 heteroatoms. The summed E-state index contributed by atoms with van der Waals surface area (Å²) in [4.78, 5) is 25.5. The van der Waals surface area contributed by atoms with E-state index in [2.05, 4.69) is 20.2 Å². The first-order valence-electron chi connectivity index (χ1n) is 11.3. The molecule has 2 heterocycles. The number of piperidine rings is 1. The zero-order valence-corrected chi connectivity index (χ0v) is 19.3. The quantitative estimate of drug-likeness (QED) is 0.406. The second-order valence-electron chi connectivity index (χ2n) is 9.31. The molecule has 0 atom stereocenters. The van der Waals surface area contributed by atoms with Crippen molar-refractivity contribution in [2.45, 2.75) is 58.1 Å². The van der Waals surface area contributed by atoms with Crippen LogP contribution in [0.1, 0.15) is 46.5 Å². The fraction of sp³-hybridized carbons (Fsp3) is 0.696. The fourth-order valence-corrected chi connectivity index (χ4v) is 3.76. The molecule has 3 rings (SSSR count). The van der Waals surface area contributed by atoms with E-state index in [1.807, 2.05) is 37.8 Å². The highest BCUT2D eigenvalue weighted by Gasteiger charge is 2.35. The van der Waals surface area contributed by atoms with E-state index in [9.17, 15) is 4.79 Å². The van der Waals surface area contributed by atoms with Crippen LogP contribution in [-0.2, 0) is 4.74 Å². The Morgan fingerprint density at radius 1 is 1.29 bits per heavy atom. The average Bonchev–Trinajstić information content (AvgIpc) is 3.56. The van der Waals surface area contributed by atoms with Crippen molar-refractivity contribution < 1.29 is 14.3 Å². The summed E-state index contributed by atoms with van der Waals surface area (Å²) in [5, 5.41) is 3.37. The number of aromatic nitrogens is 1. The molecule has 8 nitrogen and oxygen atoms in total. The summed E-state index contributed by atoms with van der Waals surface area (Å²) in [7, 11) is 1.80. The number of guanidine groups is 1. The van der Waals surface area contributed by atoms with Crippen LogP contribution >= 0.6 is 0 Å². The predicted octanol–water partition coefficient (Wildman–Crippen LogP) is 3.15. The molecular weight excluding hydrogens is 394 g/mol. The minimum Gasteiger partial charge on any atom is -0.490 e. The summed E-state index contributed by atoms with van der Waals surface area (Å²) in [6, 6.07) is 3.97. The molecule has 0 aromatic carbocycles. The van der Waals surface area contributed by atoms with Crippen LogP contribution in [0.15, 0.2) is 29.5 Å². The molecule has 1 saturated heterocycles. The lowest BCUT2D eigenvalue weighted by Crippen LogP contribution is -2.53. The van der Waals surface area contributed by atoms with Gasteiger partial charge in [-0.3, -0.25) is 9.98 Å². The molecule has 1 aromatic heterocycles. The lowest BCUT2D eigenvalue weighted by molar-refractivity contribution is 0.00928. The van der Waals surface area contributed by atoms with Crippen LogP contribution < -0.4 is 10.1 Å². The zero-order chi connectivity index (χ0) is 22.3. The maximum atomic E-state index is 12.8. The van der Waals surface area contributed by atoms with Gasteiger partial charge < -0.3 is 24.6 Å². The number of hydrogen-bond acceptors (Lipinski definition) is 5. The second-order valence-corrected chi connectivity index (χ2v) is 9.31. The molecule has 2 aliphatic rings. The zero-order valence-electron chi connectivity index (χ0n) is 19.3. The fourth-order valence-electron chi connectivity index (χ4n) is 3.76. The second kappa shape index (κ2) is 10.7. The van der Waals surface area contributed by atoms with Gasteiger partial charge >= 0.3 is 6.09 Å². The summed E-state index contributed by atoms with van der Waals surface area (Å²) in [6.45, 7) is 9.51. The van der Waals surface area contributed by atoms with Gasteiger partial charge in [0.2, 0.25) is 0 Å². The lowest BCUT2D eigenvalue weighted by atomic mass is 10.0. The van der Waals surface area contributed by atoms with Gasteiger partial charge in [0.15, 0.2) is 5.96 Å². The molecule has 172 valence electrons. The number of nitrogens with one attached hydrogen (secondary N) is 1. The van der Waals surface area contributed by atoms with Gasteiger partial charge in [0.25, 0.3) is 0 Å². The van der Waals surface area contributed by atoms with Gasteiger partial charge in [0.05, 0.1) is 12.7 Å². The number of likely N-dealkylation sites (tertiary alicyclic amines) is 1. The van der Waals surface area contributed by atoms with Crippen molar-refractivity contribution in [3.63, 3.8) is 0 Å². The van der Waals surface area contributed by atoms with E-state index >= 15 is 0 Å². The molecule has 1 amide bonds. The van der Waals surface area contributed by atoms with Crippen molar-refractivity contribution in [3.05, 3.63) is 24.5 Å². The van der Waals surface area contributed by atoms with E-state index in [1.54, 1.807) is 19.4 Å². The molecule has 0 radical (unpaired) electrons. The van der Waals surface area contributed by atoms with Crippen LogP contribution in [0.4, 0.5) is 4.79 Å². The number of carbonyl (C=O) groups is 1. The van der Waals surface area contributed by atoms with E-state index < -0.39 is 5.60 Å². The highest BCUT2D eigenvalue weighted by molar-refractivity contribution is 5.80. The molecule has 1 aliphatic carbocycles. The highest BCUT2D eigenvalue weighted by Crippen LogP contribution is 2.32. The molecule has 2 fully saturated rings. The number of amides is 1. The normalized spacial score (nSPS) is 17.9. The van der Waals surface area contributed by atoms with Gasteiger partial charge in [-0.05, 0) is 64.5 Å². The maximum absolute atomic E-state index is 12.8. The highest BCUT2D eigenvalue weighted by atomic mass is 16.6. The predicted molar refractivity (Wildman–Crippen MR) is 121 cm³/mol. The summed E-state index contributed by atoms with van der Waals surface area (Å²) in [5.41, 5.74) is -0.469. The van der Waals surface area contributed by atoms with E-state index in [0.29, 0.717) is 19.1 Å². The van der Waals surface area contributed by atoms with Crippen molar-refractivity contribution in [2.24, 2.45) is 10.9 Å². The summed E-state index contributed by atoms with van der Waals surface area (Å²) >= 11 is 0. The molecule has 31 heavy (non-hydrogen) atoms. The van der Waals surface area contributed by atoms with Gasteiger partial charge in [-0.15, -0.1) is 0 Å². The Hall–Kier alpha value is -2.51. The smallest absolute Gasteiger partial charge is 0.410 e. The maximum Gasteiger partial charge on any atom is 0.410 e. The summed E-state index contributed by atoms with van der Waals surface area (Å²) < 4.78 is 11.4. The van der Waals surface area contributed by atoms with Crippen LogP contribution in [0, 0.1) is 5.92 Å². The molecule has 0 spiro atoms. The first-order valence-corrected chi connectivity index (χ1v) is 11.3. The van der Waals surface area contributed by atoms with Crippen LogP contribution in [0.25, 0.3) is 0 Å². The average molecular weight is 432 g/mol. The van der Waals surface area contributed by atoms with Gasteiger partial charge in [0.1, 0.15) is 18.0 Å². The Balaban J connectivity index is 1.46. The Bertz CT molecular complexity index is 722. The van der Waals surface area contributed by atoms with Crippen molar-refractivity contribution in [1.82, 2.24) is 20.1 Å². The van der Waals surface area contributed by atoms with Crippen LogP contribution in [0.5, 0.6) is 5.75 Å². The standard InChI is InChI=1S/C23H37N5O3/c1-23(2,3)31-22(29)28(17-18-7-8-18)19-9-13-27(14-10-19)21(24-4)26-12-15-30-20-6-5-11-25-16-20/h5-6,11,16,18-19H,7-10,12-15,17H2,1-4H3,(H,24,26). The third kappa shape index (κ3) is 7.60. The number of rotatable bonds is 7.